The van der Waals surface area contributed by atoms with Crippen molar-refractivity contribution in [3.05, 3.63) is 69.6 Å². The lowest BCUT2D eigenvalue weighted by Gasteiger charge is -2.27. The molecule has 0 bridgehead atoms. The van der Waals surface area contributed by atoms with Gasteiger partial charge in [-0.25, -0.2) is 13.4 Å². The molecule has 0 aliphatic carbocycles. The standard InChI is InChI=1S/C30H33N5O6S/c1-5-9-23-27-28(34(3)33-23)30(37)32-29(31-27)22-17-21(12-13-26(22)41-6-2)42(38,39)35-15-14-24(36)20(18-35)16-19-10-7-8-11-25(19)40-4/h7-8,10-13,16-17H,5-6,9,14-15,18H2,1-4H3,(H,31,32,37)/b20-16+. The minimum atomic E-state index is -4.04. The second-order valence-electron chi connectivity index (χ2n) is 9.95. The van der Waals surface area contributed by atoms with Crippen LogP contribution in [-0.2, 0) is 28.3 Å². The summed E-state index contributed by atoms with van der Waals surface area (Å²) < 4.78 is 41.8. The van der Waals surface area contributed by atoms with Crippen molar-refractivity contribution in [1.29, 1.82) is 0 Å². The molecule has 1 aliphatic rings. The first-order valence-electron chi connectivity index (χ1n) is 13.8. The van der Waals surface area contributed by atoms with Gasteiger partial charge in [-0.1, -0.05) is 31.5 Å². The molecule has 0 unspecified atom stereocenters. The van der Waals surface area contributed by atoms with Gasteiger partial charge in [0.15, 0.2) is 11.3 Å². The van der Waals surface area contributed by atoms with Crippen molar-refractivity contribution in [2.24, 2.45) is 7.05 Å². The van der Waals surface area contributed by atoms with Gasteiger partial charge in [0.05, 0.1) is 29.9 Å². The number of sulfonamides is 1. The van der Waals surface area contributed by atoms with Crippen LogP contribution in [0.1, 0.15) is 37.9 Å². The highest BCUT2D eigenvalue weighted by atomic mass is 32.2. The molecule has 0 spiro atoms. The molecular weight excluding hydrogens is 558 g/mol. The van der Waals surface area contributed by atoms with E-state index in [1.54, 1.807) is 32.4 Å². The van der Waals surface area contributed by atoms with Gasteiger partial charge < -0.3 is 14.5 Å². The third-order valence-corrected chi connectivity index (χ3v) is 9.00. The maximum Gasteiger partial charge on any atom is 0.277 e. The number of ether oxygens (including phenoxy) is 2. The van der Waals surface area contributed by atoms with E-state index in [9.17, 15) is 18.0 Å². The van der Waals surface area contributed by atoms with E-state index in [0.29, 0.717) is 58.0 Å². The highest BCUT2D eigenvalue weighted by Crippen LogP contribution is 2.33. The second-order valence-corrected chi connectivity index (χ2v) is 11.9. The minimum absolute atomic E-state index is 0.00495. The number of nitrogens with zero attached hydrogens (tertiary/aromatic N) is 4. The highest BCUT2D eigenvalue weighted by molar-refractivity contribution is 7.89. The number of carbonyl (C=O) groups is 1. The highest BCUT2D eigenvalue weighted by Gasteiger charge is 2.32. The summed E-state index contributed by atoms with van der Waals surface area (Å²) in [6.45, 7) is 4.11. The zero-order valence-electron chi connectivity index (χ0n) is 24.0. The van der Waals surface area contributed by atoms with Gasteiger partial charge >= 0.3 is 0 Å². The van der Waals surface area contributed by atoms with Gasteiger partial charge in [0.1, 0.15) is 22.8 Å². The normalized spacial score (nSPS) is 15.4. The molecule has 1 N–H and O–H groups in total. The number of hydrogen-bond acceptors (Lipinski definition) is 8. The van der Waals surface area contributed by atoms with E-state index in [2.05, 4.69) is 10.1 Å². The lowest BCUT2D eigenvalue weighted by atomic mass is 10.0. The Hall–Kier alpha value is -4.29. The first-order chi connectivity index (χ1) is 20.2. The average Bonchev–Trinajstić information content (AvgIpc) is 3.30. The van der Waals surface area contributed by atoms with Gasteiger partial charge in [0.25, 0.3) is 5.56 Å². The molecule has 2 aromatic carbocycles. The lowest BCUT2D eigenvalue weighted by molar-refractivity contribution is -0.116. The molecule has 2 aromatic heterocycles. The van der Waals surface area contributed by atoms with E-state index in [-0.39, 0.29) is 41.6 Å². The second kappa shape index (κ2) is 11.9. The van der Waals surface area contributed by atoms with Crippen LogP contribution in [-0.4, -0.2) is 65.1 Å². The lowest BCUT2D eigenvalue weighted by Crippen LogP contribution is -2.40. The first-order valence-corrected chi connectivity index (χ1v) is 15.2. The Bertz CT molecular complexity index is 1860. The fourth-order valence-electron chi connectivity index (χ4n) is 5.11. The molecule has 1 aliphatic heterocycles. The largest absolute Gasteiger partial charge is 0.496 e. The number of para-hydroxylation sites is 1. The van der Waals surface area contributed by atoms with Crippen LogP contribution in [0.2, 0.25) is 0 Å². The number of ketones is 1. The Balaban J connectivity index is 1.56. The van der Waals surface area contributed by atoms with Crippen molar-refractivity contribution in [3.8, 4) is 22.9 Å². The van der Waals surface area contributed by atoms with Crippen LogP contribution in [0.3, 0.4) is 0 Å². The van der Waals surface area contributed by atoms with E-state index in [1.807, 2.05) is 32.0 Å². The molecule has 3 heterocycles. The Kier molecular flexibility index (Phi) is 8.28. The molecule has 4 aromatic rings. The number of hydrogen-bond donors (Lipinski definition) is 1. The number of fused-ring (bicyclic) bond motifs is 1. The number of benzene rings is 2. The molecule has 0 amide bonds. The number of piperidine rings is 1. The molecule has 5 rings (SSSR count). The summed E-state index contributed by atoms with van der Waals surface area (Å²) in [4.78, 5) is 33.4. The third-order valence-electron chi connectivity index (χ3n) is 7.15. The summed E-state index contributed by atoms with van der Waals surface area (Å²) in [5.74, 6) is 1.03. The van der Waals surface area contributed by atoms with Crippen molar-refractivity contribution >= 4 is 32.9 Å². The SMILES string of the molecule is CCCc1nn(C)c2c(=O)[nH]c(-c3cc(S(=O)(=O)N4CCC(=O)/C(=C/c5ccccc5OC)C4)ccc3OCC)nc12. The predicted molar refractivity (Wildman–Crippen MR) is 159 cm³/mol. The smallest absolute Gasteiger partial charge is 0.277 e. The summed E-state index contributed by atoms with van der Waals surface area (Å²) in [5, 5.41) is 4.47. The van der Waals surface area contributed by atoms with E-state index in [0.717, 1.165) is 6.42 Å². The first kappa shape index (κ1) is 29.2. The Morgan fingerprint density at radius 1 is 1.10 bits per heavy atom. The van der Waals surface area contributed by atoms with Crippen LogP contribution in [0.4, 0.5) is 0 Å². The number of Topliss-reactive ketones (excluding diaryl/α,β-unsaturated/α-hetero) is 1. The van der Waals surface area contributed by atoms with Crippen LogP contribution < -0.4 is 15.0 Å². The number of rotatable bonds is 9. The number of H-pyrrole nitrogens is 1. The Labute approximate surface area is 243 Å². The van der Waals surface area contributed by atoms with Gasteiger partial charge in [0, 0.05) is 37.7 Å². The molecule has 1 fully saturated rings. The number of aryl methyl sites for hydroxylation is 2. The molecule has 0 atom stereocenters. The molecule has 42 heavy (non-hydrogen) atoms. The molecule has 0 radical (unpaired) electrons. The summed E-state index contributed by atoms with van der Waals surface area (Å²) >= 11 is 0. The Morgan fingerprint density at radius 2 is 1.88 bits per heavy atom. The number of nitrogens with one attached hydrogen (secondary N) is 1. The molecule has 12 heteroatoms. The Morgan fingerprint density at radius 3 is 2.62 bits per heavy atom. The fourth-order valence-corrected chi connectivity index (χ4v) is 6.56. The van der Waals surface area contributed by atoms with Gasteiger partial charge in [-0.05, 0) is 43.7 Å². The van der Waals surface area contributed by atoms with Gasteiger partial charge in [-0.2, -0.15) is 9.40 Å². The van der Waals surface area contributed by atoms with Crippen molar-refractivity contribution < 1.29 is 22.7 Å². The topological polar surface area (TPSA) is 136 Å². The van der Waals surface area contributed by atoms with Crippen molar-refractivity contribution in [2.75, 3.05) is 26.8 Å². The number of carbonyl (C=O) groups excluding carboxylic acids is 1. The molecular formula is C30H33N5O6S. The van der Waals surface area contributed by atoms with Crippen molar-refractivity contribution in [2.45, 2.75) is 38.0 Å². The third kappa shape index (κ3) is 5.47. The van der Waals surface area contributed by atoms with E-state index in [1.165, 1.54) is 21.1 Å². The number of methoxy groups -OCH3 is 1. The molecule has 11 nitrogen and oxygen atoms in total. The number of aromatic amines is 1. The predicted octanol–water partition coefficient (Wildman–Crippen LogP) is 3.73. The van der Waals surface area contributed by atoms with Crippen LogP contribution >= 0.6 is 0 Å². The minimum Gasteiger partial charge on any atom is -0.496 e. The molecule has 220 valence electrons. The van der Waals surface area contributed by atoms with Crippen LogP contribution in [0.15, 0.2) is 57.7 Å². The maximum absolute atomic E-state index is 13.9. The summed E-state index contributed by atoms with van der Waals surface area (Å²) in [7, 11) is -0.805. The maximum atomic E-state index is 13.9. The zero-order valence-corrected chi connectivity index (χ0v) is 24.8. The molecule has 0 saturated carbocycles. The summed E-state index contributed by atoms with van der Waals surface area (Å²) in [6, 6.07) is 11.7. The quantitative estimate of drug-likeness (QED) is 0.291. The monoisotopic (exact) mass is 591 g/mol. The van der Waals surface area contributed by atoms with Crippen molar-refractivity contribution in [1.82, 2.24) is 24.1 Å². The zero-order chi connectivity index (χ0) is 30.0. The van der Waals surface area contributed by atoms with Crippen LogP contribution in [0, 0.1) is 0 Å². The van der Waals surface area contributed by atoms with Gasteiger partial charge in [0.2, 0.25) is 10.0 Å². The molecule has 1 saturated heterocycles. The van der Waals surface area contributed by atoms with E-state index >= 15 is 0 Å². The van der Waals surface area contributed by atoms with E-state index < -0.39 is 10.0 Å². The van der Waals surface area contributed by atoms with Crippen LogP contribution in [0.5, 0.6) is 11.5 Å². The summed E-state index contributed by atoms with van der Waals surface area (Å²) in [6.07, 6.45) is 3.19. The van der Waals surface area contributed by atoms with Gasteiger partial charge in [-0.15, -0.1) is 0 Å². The summed E-state index contributed by atoms with van der Waals surface area (Å²) in [5.41, 5.74) is 2.51. The van der Waals surface area contributed by atoms with Crippen LogP contribution in [0.25, 0.3) is 28.5 Å². The van der Waals surface area contributed by atoms with E-state index in [4.69, 9.17) is 14.5 Å². The average molecular weight is 592 g/mol. The van der Waals surface area contributed by atoms with Gasteiger partial charge in [-0.3, -0.25) is 14.3 Å². The fraction of sp³-hybridized carbons (Fsp3) is 0.333. The van der Waals surface area contributed by atoms with Crippen molar-refractivity contribution in [3.63, 3.8) is 0 Å². The number of aromatic nitrogens is 4.